The highest BCUT2D eigenvalue weighted by molar-refractivity contribution is 8.00. The molecule has 3 aromatic rings. The van der Waals surface area contributed by atoms with Crippen molar-refractivity contribution in [3.05, 3.63) is 74.5 Å². The van der Waals surface area contributed by atoms with Gasteiger partial charge >= 0.3 is 4.87 Å². The number of anilines is 1. The molecule has 3 aliphatic rings. The molecule has 2 aromatic carbocycles. The van der Waals surface area contributed by atoms with Gasteiger partial charge in [-0.3, -0.25) is 19.2 Å². The number of aromatic nitrogens is 1. The number of halogens is 1. The monoisotopic (exact) mass is 553 g/mol. The molecule has 0 saturated carbocycles. The Balaban J connectivity index is 1.27. The number of thioether (sulfide) groups is 1. The molecule has 1 N–H and O–H groups in total. The topological polar surface area (TPSA) is 99.8 Å². The van der Waals surface area contributed by atoms with Gasteiger partial charge in [0.1, 0.15) is 16.8 Å². The Labute approximate surface area is 225 Å². The van der Waals surface area contributed by atoms with Crippen LogP contribution in [0.15, 0.2) is 58.4 Å². The minimum atomic E-state index is -0.732. The number of hydrogen-bond donors (Lipinski definition) is 1. The number of imide groups is 1. The molecule has 0 spiro atoms. The Kier molecular flexibility index (Phi) is 6.56. The third kappa shape index (κ3) is 4.43. The van der Waals surface area contributed by atoms with Crippen molar-refractivity contribution in [2.75, 3.05) is 24.6 Å². The van der Waals surface area contributed by atoms with E-state index in [-0.39, 0.29) is 23.3 Å². The minimum Gasteiger partial charge on any atom is -0.484 e. The summed E-state index contributed by atoms with van der Waals surface area (Å²) in [5.41, 5.74) is 1.07. The number of amides is 3. The molecule has 11 heteroatoms. The van der Waals surface area contributed by atoms with E-state index in [1.165, 1.54) is 36.0 Å². The zero-order chi connectivity index (χ0) is 26.4. The van der Waals surface area contributed by atoms with E-state index in [1.807, 2.05) is 17.0 Å². The van der Waals surface area contributed by atoms with Crippen molar-refractivity contribution in [3.63, 3.8) is 0 Å². The predicted octanol–water partition coefficient (Wildman–Crippen LogP) is 3.76. The maximum absolute atomic E-state index is 13.7. The van der Waals surface area contributed by atoms with Gasteiger partial charge in [-0.1, -0.05) is 35.2 Å². The Morgan fingerprint density at radius 3 is 2.39 bits per heavy atom. The SMILES string of the molecule is O=C(COc1ccc(C2c3sc(=O)[nH]c3SC3C(=O)N(c4ccc(F)cc4)C(=O)C32)cc1)N1CCCCC1. The van der Waals surface area contributed by atoms with Crippen LogP contribution in [0.25, 0.3) is 0 Å². The minimum absolute atomic E-state index is 0.0430. The number of nitrogens with one attached hydrogen (secondary N) is 1. The lowest BCUT2D eigenvalue weighted by atomic mass is 9.83. The number of piperidine rings is 1. The summed E-state index contributed by atoms with van der Waals surface area (Å²) < 4.78 is 19.2. The molecular weight excluding hydrogens is 529 g/mol. The maximum atomic E-state index is 13.7. The molecular formula is C27H24FN3O5S2. The molecule has 1 aromatic heterocycles. The Morgan fingerprint density at radius 1 is 0.974 bits per heavy atom. The van der Waals surface area contributed by atoms with Gasteiger partial charge in [0.25, 0.3) is 5.91 Å². The van der Waals surface area contributed by atoms with Gasteiger partial charge in [0, 0.05) is 23.9 Å². The van der Waals surface area contributed by atoms with Crippen molar-refractivity contribution in [2.24, 2.45) is 5.92 Å². The first-order valence-corrected chi connectivity index (χ1v) is 14.1. The zero-order valence-corrected chi connectivity index (χ0v) is 21.9. The first-order chi connectivity index (χ1) is 18.4. The van der Waals surface area contributed by atoms with Crippen LogP contribution in [0.3, 0.4) is 0 Å². The normalized spacial score (nSPS) is 22.8. The van der Waals surface area contributed by atoms with Gasteiger partial charge in [-0.05, 0) is 61.2 Å². The van der Waals surface area contributed by atoms with Gasteiger partial charge in [-0.2, -0.15) is 0 Å². The van der Waals surface area contributed by atoms with Gasteiger partial charge < -0.3 is 14.6 Å². The van der Waals surface area contributed by atoms with Crippen LogP contribution in [0.1, 0.15) is 35.6 Å². The summed E-state index contributed by atoms with van der Waals surface area (Å²) in [6.07, 6.45) is 3.16. The third-order valence-corrected chi connectivity index (χ3v) is 9.62. The molecule has 3 atom stereocenters. The van der Waals surface area contributed by atoms with Gasteiger partial charge in [0.2, 0.25) is 11.8 Å². The molecule has 3 amide bonds. The highest BCUT2D eigenvalue weighted by atomic mass is 32.2. The fourth-order valence-corrected chi connectivity index (χ4v) is 7.89. The predicted molar refractivity (Wildman–Crippen MR) is 141 cm³/mol. The molecule has 38 heavy (non-hydrogen) atoms. The summed E-state index contributed by atoms with van der Waals surface area (Å²) in [5.74, 6) is -2.02. The van der Waals surface area contributed by atoms with Crippen LogP contribution in [0, 0.1) is 11.7 Å². The number of thiazole rings is 1. The second kappa shape index (κ2) is 10.0. The number of hydrogen-bond acceptors (Lipinski definition) is 7. The first kappa shape index (κ1) is 24.9. The standard InChI is InChI=1S/C27H24FN3O5S2/c28-16-6-8-17(9-7-16)31-25(33)21-20(22-24(29-27(35)38-22)37-23(21)26(31)34)15-4-10-18(11-5-15)36-14-19(32)30-12-2-1-3-13-30/h4-11,20-21,23H,1-3,12-14H2,(H,29,35). The highest BCUT2D eigenvalue weighted by Crippen LogP contribution is 2.53. The summed E-state index contributed by atoms with van der Waals surface area (Å²) in [4.78, 5) is 58.0. The van der Waals surface area contributed by atoms with E-state index in [2.05, 4.69) is 4.98 Å². The third-order valence-electron chi connectivity index (χ3n) is 7.22. The zero-order valence-electron chi connectivity index (χ0n) is 20.2. The lowest BCUT2D eigenvalue weighted by Crippen LogP contribution is -2.38. The number of carbonyl (C=O) groups is 3. The van der Waals surface area contributed by atoms with E-state index in [1.54, 1.807) is 12.1 Å². The molecule has 0 aliphatic carbocycles. The number of aromatic amines is 1. The summed E-state index contributed by atoms with van der Waals surface area (Å²) in [6, 6.07) is 12.4. The molecule has 2 saturated heterocycles. The van der Waals surface area contributed by atoms with E-state index in [9.17, 15) is 23.6 Å². The largest absolute Gasteiger partial charge is 0.484 e. The number of likely N-dealkylation sites (tertiary alicyclic amines) is 1. The van der Waals surface area contributed by atoms with Crippen molar-refractivity contribution < 1.29 is 23.5 Å². The smallest absolute Gasteiger partial charge is 0.305 e. The maximum Gasteiger partial charge on any atom is 0.305 e. The summed E-state index contributed by atoms with van der Waals surface area (Å²) in [5, 5.41) is -0.144. The van der Waals surface area contributed by atoms with Crippen LogP contribution in [-0.2, 0) is 14.4 Å². The van der Waals surface area contributed by atoms with Crippen molar-refractivity contribution in [1.29, 1.82) is 0 Å². The number of benzene rings is 2. The second-order valence-electron chi connectivity index (χ2n) is 9.54. The van der Waals surface area contributed by atoms with E-state index in [4.69, 9.17) is 4.74 Å². The summed E-state index contributed by atoms with van der Waals surface area (Å²) in [7, 11) is 0. The van der Waals surface area contributed by atoms with Gasteiger partial charge in [-0.25, -0.2) is 9.29 Å². The van der Waals surface area contributed by atoms with Crippen LogP contribution in [0.5, 0.6) is 5.75 Å². The number of fused-ring (bicyclic) bond motifs is 2. The van der Waals surface area contributed by atoms with Gasteiger partial charge in [0.05, 0.1) is 16.6 Å². The van der Waals surface area contributed by atoms with Gasteiger partial charge in [-0.15, -0.1) is 0 Å². The molecule has 2 fully saturated rings. The lowest BCUT2D eigenvalue weighted by Gasteiger charge is -2.30. The van der Waals surface area contributed by atoms with Crippen molar-refractivity contribution in [3.8, 4) is 5.75 Å². The number of rotatable bonds is 5. The molecule has 4 heterocycles. The van der Waals surface area contributed by atoms with Crippen LogP contribution in [0.4, 0.5) is 10.1 Å². The van der Waals surface area contributed by atoms with Crippen molar-refractivity contribution in [2.45, 2.75) is 35.5 Å². The molecule has 3 aliphatic heterocycles. The van der Waals surface area contributed by atoms with Gasteiger partial charge in [0.15, 0.2) is 6.61 Å². The fraction of sp³-hybridized carbons (Fsp3) is 0.333. The van der Waals surface area contributed by atoms with Crippen LogP contribution in [-0.4, -0.2) is 52.6 Å². The quantitative estimate of drug-likeness (QED) is 0.483. The summed E-state index contributed by atoms with van der Waals surface area (Å²) >= 11 is 2.22. The Bertz CT molecular complexity index is 1450. The number of H-pyrrole nitrogens is 1. The number of nitrogens with zero attached hydrogens (tertiary/aromatic N) is 2. The highest BCUT2D eigenvalue weighted by Gasteiger charge is 2.56. The lowest BCUT2D eigenvalue weighted by molar-refractivity contribution is -0.134. The summed E-state index contributed by atoms with van der Waals surface area (Å²) in [6.45, 7) is 1.47. The van der Waals surface area contributed by atoms with Crippen LogP contribution in [0.2, 0.25) is 0 Å². The number of ether oxygens (including phenoxy) is 1. The molecule has 0 radical (unpaired) electrons. The number of carbonyl (C=O) groups excluding carboxylic acids is 3. The molecule has 3 unspecified atom stereocenters. The second-order valence-corrected chi connectivity index (χ2v) is 11.7. The first-order valence-electron chi connectivity index (χ1n) is 12.4. The van der Waals surface area contributed by atoms with E-state index >= 15 is 0 Å². The molecule has 6 rings (SSSR count). The molecule has 0 bridgehead atoms. The van der Waals surface area contributed by atoms with Crippen molar-refractivity contribution in [1.82, 2.24) is 9.88 Å². The average molecular weight is 554 g/mol. The van der Waals surface area contributed by atoms with Crippen LogP contribution < -0.4 is 14.5 Å². The van der Waals surface area contributed by atoms with E-state index < -0.39 is 28.8 Å². The fourth-order valence-electron chi connectivity index (χ4n) is 5.37. The average Bonchev–Trinajstić information content (AvgIpc) is 3.43. The Morgan fingerprint density at radius 2 is 1.68 bits per heavy atom. The molecule has 8 nitrogen and oxygen atoms in total. The van der Waals surface area contributed by atoms with Crippen molar-refractivity contribution >= 4 is 46.5 Å². The Hall–Kier alpha value is -3.44. The molecule has 196 valence electrons. The van der Waals surface area contributed by atoms with E-state index in [0.717, 1.165) is 54.2 Å². The van der Waals surface area contributed by atoms with E-state index in [0.29, 0.717) is 21.3 Å². The van der Waals surface area contributed by atoms with Crippen LogP contribution >= 0.6 is 23.1 Å².